The van der Waals surface area contributed by atoms with E-state index < -0.39 is 0 Å². The number of pyridine rings is 1. The fourth-order valence-corrected chi connectivity index (χ4v) is 3.00. The molecule has 0 fully saturated rings. The number of thiophene rings is 1. The molecule has 4 nitrogen and oxygen atoms in total. The summed E-state index contributed by atoms with van der Waals surface area (Å²) >= 11 is 1.65. The first-order chi connectivity index (χ1) is 11.8. The van der Waals surface area contributed by atoms with E-state index in [4.69, 9.17) is 4.74 Å². The van der Waals surface area contributed by atoms with Gasteiger partial charge >= 0.3 is 0 Å². The topological polar surface area (TPSA) is 42.4 Å². The van der Waals surface area contributed by atoms with Crippen LogP contribution >= 0.6 is 11.3 Å². The lowest BCUT2D eigenvalue weighted by Gasteiger charge is -2.20. The smallest absolute Gasteiger partial charge is 0.255 e. The van der Waals surface area contributed by atoms with Gasteiger partial charge in [0.15, 0.2) is 0 Å². The van der Waals surface area contributed by atoms with Crippen molar-refractivity contribution in [3.05, 3.63) is 76.6 Å². The maximum absolute atomic E-state index is 12.6. The second-order valence-corrected chi connectivity index (χ2v) is 6.23. The lowest BCUT2D eigenvalue weighted by Crippen LogP contribution is -2.30. The van der Waals surface area contributed by atoms with Crippen LogP contribution in [0.1, 0.15) is 22.2 Å². The van der Waals surface area contributed by atoms with E-state index in [9.17, 15) is 4.79 Å². The van der Waals surface area contributed by atoms with Crippen LogP contribution in [0.2, 0.25) is 0 Å². The first-order valence-electron chi connectivity index (χ1n) is 7.77. The van der Waals surface area contributed by atoms with E-state index in [0.29, 0.717) is 24.5 Å². The van der Waals surface area contributed by atoms with Crippen molar-refractivity contribution in [3.8, 4) is 11.6 Å². The quantitative estimate of drug-likeness (QED) is 0.660. The molecule has 0 aliphatic carbocycles. The Labute approximate surface area is 145 Å². The maximum Gasteiger partial charge on any atom is 0.255 e. The highest BCUT2D eigenvalue weighted by Crippen LogP contribution is 2.19. The fraction of sp³-hybridized carbons (Fsp3) is 0.158. The largest absolute Gasteiger partial charge is 0.439 e. The van der Waals surface area contributed by atoms with Gasteiger partial charge in [-0.2, -0.15) is 0 Å². The van der Waals surface area contributed by atoms with E-state index in [1.807, 2.05) is 54.8 Å². The second kappa shape index (κ2) is 7.75. The third kappa shape index (κ3) is 4.00. The number of hydrogen-bond acceptors (Lipinski definition) is 4. The van der Waals surface area contributed by atoms with E-state index in [-0.39, 0.29) is 5.91 Å². The number of para-hydroxylation sites is 1. The van der Waals surface area contributed by atoms with Gasteiger partial charge < -0.3 is 9.64 Å². The van der Waals surface area contributed by atoms with Crippen LogP contribution in [0.15, 0.2) is 66.2 Å². The average Bonchev–Trinajstić information content (AvgIpc) is 3.14. The van der Waals surface area contributed by atoms with E-state index in [0.717, 1.165) is 5.75 Å². The Balaban J connectivity index is 1.68. The fourth-order valence-electron chi connectivity index (χ4n) is 2.28. The molecule has 0 spiro atoms. The minimum Gasteiger partial charge on any atom is -0.439 e. The summed E-state index contributed by atoms with van der Waals surface area (Å²) in [6.07, 6.45) is 1.57. The highest BCUT2D eigenvalue weighted by Gasteiger charge is 2.15. The van der Waals surface area contributed by atoms with E-state index >= 15 is 0 Å². The predicted octanol–water partition coefficient (Wildman–Crippen LogP) is 4.60. The number of carbonyl (C=O) groups is 1. The molecule has 24 heavy (non-hydrogen) atoms. The van der Waals surface area contributed by atoms with Crippen molar-refractivity contribution in [1.29, 1.82) is 0 Å². The van der Waals surface area contributed by atoms with Crippen LogP contribution in [0.3, 0.4) is 0 Å². The van der Waals surface area contributed by atoms with Crippen LogP contribution in [0.25, 0.3) is 0 Å². The Hall–Kier alpha value is -2.66. The van der Waals surface area contributed by atoms with Crippen molar-refractivity contribution >= 4 is 17.2 Å². The highest BCUT2D eigenvalue weighted by atomic mass is 32.1. The molecule has 3 aromatic rings. The van der Waals surface area contributed by atoms with Crippen LogP contribution < -0.4 is 4.74 Å². The Morgan fingerprint density at radius 2 is 1.96 bits per heavy atom. The SMILES string of the molecule is CCN(Cc1cccs1)C(=O)c1ccc(Oc2ccccc2)nc1. The normalized spacial score (nSPS) is 10.4. The molecule has 0 bridgehead atoms. The van der Waals surface area contributed by atoms with E-state index in [2.05, 4.69) is 4.98 Å². The summed E-state index contributed by atoms with van der Waals surface area (Å²) in [4.78, 5) is 19.8. The summed E-state index contributed by atoms with van der Waals surface area (Å²) in [7, 11) is 0. The number of nitrogens with zero attached hydrogens (tertiary/aromatic N) is 2. The third-order valence-corrected chi connectivity index (χ3v) is 4.41. The zero-order chi connectivity index (χ0) is 16.8. The Kier molecular flexibility index (Phi) is 5.23. The van der Waals surface area contributed by atoms with Gasteiger partial charge in [-0.05, 0) is 36.6 Å². The summed E-state index contributed by atoms with van der Waals surface area (Å²) in [5, 5.41) is 2.02. The monoisotopic (exact) mass is 338 g/mol. The maximum atomic E-state index is 12.6. The minimum atomic E-state index is -0.0235. The molecular weight excluding hydrogens is 320 g/mol. The number of ether oxygens (including phenoxy) is 1. The van der Waals surface area contributed by atoms with Gasteiger partial charge in [0.05, 0.1) is 12.1 Å². The summed E-state index contributed by atoms with van der Waals surface area (Å²) in [6.45, 7) is 3.25. The second-order valence-electron chi connectivity index (χ2n) is 5.20. The molecule has 0 aliphatic rings. The molecule has 0 atom stereocenters. The molecule has 0 saturated carbocycles. The van der Waals surface area contributed by atoms with Gasteiger partial charge in [-0.1, -0.05) is 24.3 Å². The Morgan fingerprint density at radius 3 is 2.58 bits per heavy atom. The van der Waals surface area contributed by atoms with Crippen LogP contribution in [0, 0.1) is 0 Å². The molecule has 3 rings (SSSR count). The van der Waals surface area contributed by atoms with Crippen LogP contribution in [0.4, 0.5) is 0 Å². The predicted molar refractivity (Wildman–Crippen MR) is 95.5 cm³/mol. The van der Waals surface area contributed by atoms with E-state index in [1.54, 1.807) is 34.6 Å². The molecule has 1 amide bonds. The van der Waals surface area contributed by atoms with Crippen LogP contribution in [-0.4, -0.2) is 22.3 Å². The van der Waals surface area contributed by atoms with Crippen molar-refractivity contribution in [1.82, 2.24) is 9.88 Å². The lowest BCUT2D eigenvalue weighted by molar-refractivity contribution is 0.0753. The van der Waals surface area contributed by atoms with Gasteiger partial charge in [0.2, 0.25) is 5.88 Å². The third-order valence-electron chi connectivity index (χ3n) is 3.54. The summed E-state index contributed by atoms with van der Waals surface area (Å²) in [6, 6.07) is 17.0. The number of aromatic nitrogens is 1. The summed E-state index contributed by atoms with van der Waals surface area (Å²) in [5.74, 6) is 1.17. The van der Waals surface area contributed by atoms with Gasteiger partial charge in [-0.3, -0.25) is 4.79 Å². The van der Waals surface area contributed by atoms with Crippen molar-refractivity contribution < 1.29 is 9.53 Å². The number of hydrogen-bond donors (Lipinski definition) is 0. The number of benzene rings is 1. The van der Waals surface area contributed by atoms with E-state index in [1.165, 1.54) is 4.88 Å². The molecule has 1 aromatic carbocycles. The van der Waals surface area contributed by atoms with Crippen molar-refractivity contribution in [3.63, 3.8) is 0 Å². The van der Waals surface area contributed by atoms with Crippen LogP contribution in [-0.2, 0) is 6.54 Å². The van der Waals surface area contributed by atoms with Crippen molar-refractivity contribution in [2.24, 2.45) is 0 Å². The first-order valence-corrected chi connectivity index (χ1v) is 8.65. The summed E-state index contributed by atoms with van der Waals surface area (Å²) in [5.41, 5.74) is 0.564. The molecule has 2 heterocycles. The Bertz CT molecular complexity index is 771. The highest BCUT2D eigenvalue weighted by molar-refractivity contribution is 7.09. The van der Waals surface area contributed by atoms with Crippen molar-refractivity contribution in [2.45, 2.75) is 13.5 Å². The molecule has 0 saturated heterocycles. The summed E-state index contributed by atoms with van der Waals surface area (Å²) < 4.78 is 5.65. The Morgan fingerprint density at radius 1 is 1.12 bits per heavy atom. The van der Waals surface area contributed by atoms with Crippen molar-refractivity contribution in [2.75, 3.05) is 6.54 Å². The molecule has 0 radical (unpaired) electrons. The van der Waals surface area contributed by atoms with Gasteiger partial charge in [-0.15, -0.1) is 11.3 Å². The lowest BCUT2D eigenvalue weighted by atomic mass is 10.2. The number of rotatable bonds is 6. The van der Waals surface area contributed by atoms with Gasteiger partial charge in [0.25, 0.3) is 5.91 Å². The molecule has 0 N–H and O–H groups in total. The standard InChI is InChI=1S/C19H18N2O2S/c1-2-21(14-17-9-6-12-24-17)19(22)15-10-11-18(20-13-15)23-16-7-4-3-5-8-16/h3-13H,2,14H2,1H3. The zero-order valence-electron chi connectivity index (χ0n) is 13.4. The molecule has 0 unspecified atom stereocenters. The molecule has 122 valence electrons. The molecule has 5 heteroatoms. The number of amides is 1. The molecular formula is C19H18N2O2S. The van der Waals surface area contributed by atoms with Gasteiger partial charge in [-0.25, -0.2) is 4.98 Å². The molecule has 0 aliphatic heterocycles. The zero-order valence-corrected chi connectivity index (χ0v) is 14.2. The van der Waals surface area contributed by atoms with Crippen LogP contribution in [0.5, 0.6) is 11.6 Å². The molecule has 2 aromatic heterocycles. The minimum absolute atomic E-state index is 0.0235. The first kappa shape index (κ1) is 16.2. The van der Waals surface area contributed by atoms with Gasteiger partial charge in [0.1, 0.15) is 5.75 Å². The number of carbonyl (C=O) groups excluding carboxylic acids is 1. The average molecular weight is 338 g/mol. The van der Waals surface area contributed by atoms with Gasteiger partial charge in [0, 0.05) is 23.7 Å².